The summed E-state index contributed by atoms with van der Waals surface area (Å²) in [6, 6.07) is 16.0. The molecule has 1 N–H and O–H groups in total. The molecule has 0 unspecified atom stereocenters. The van der Waals surface area contributed by atoms with Crippen molar-refractivity contribution in [3.8, 4) is 5.75 Å². The zero-order chi connectivity index (χ0) is 20.5. The van der Waals surface area contributed by atoms with Gasteiger partial charge in [0.1, 0.15) is 11.4 Å². The van der Waals surface area contributed by atoms with E-state index in [2.05, 4.69) is 5.32 Å². The van der Waals surface area contributed by atoms with Crippen LogP contribution >= 0.6 is 22.9 Å². The van der Waals surface area contributed by atoms with Crippen LogP contribution in [0, 0.1) is 6.92 Å². The molecular formula is C22H17ClN2O3S. The normalized spacial score (nSPS) is 14.0. The minimum atomic E-state index is -0.422. The van der Waals surface area contributed by atoms with Crippen molar-refractivity contribution in [2.75, 3.05) is 17.3 Å². The van der Waals surface area contributed by atoms with Gasteiger partial charge >= 0.3 is 0 Å². The first-order valence-corrected chi connectivity index (χ1v) is 10.1. The molecule has 0 radical (unpaired) electrons. The van der Waals surface area contributed by atoms with Gasteiger partial charge in [0, 0.05) is 15.6 Å². The number of ether oxygens (including phenoxy) is 1. The van der Waals surface area contributed by atoms with Gasteiger partial charge in [0.05, 0.1) is 18.4 Å². The molecule has 5 nitrogen and oxygen atoms in total. The van der Waals surface area contributed by atoms with Crippen LogP contribution in [-0.4, -0.2) is 18.9 Å². The Kier molecular flexibility index (Phi) is 5.13. The number of carbonyl (C=O) groups is 2. The third-order valence-corrected chi connectivity index (χ3v) is 5.92. The first-order valence-electron chi connectivity index (χ1n) is 8.83. The summed E-state index contributed by atoms with van der Waals surface area (Å²) in [5.74, 6) is -0.102. The zero-order valence-electron chi connectivity index (χ0n) is 15.7. The third-order valence-electron chi connectivity index (χ3n) is 4.62. The average Bonchev–Trinajstić information content (AvgIpc) is 3.32. The molecule has 2 amide bonds. The molecule has 0 spiro atoms. The van der Waals surface area contributed by atoms with E-state index in [1.54, 1.807) is 49.6 Å². The van der Waals surface area contributed by atoms with Gasteiger partial charge in [-0.2, -0.15) is 0 Å². The van der Waals surface area contributed by atoms with Crippen LogP contribution in [0.25, 0.3) is 5.57 Å². The molecule has 7 heteroatoms. The molecule has 146 valence electrons. The Labute approximate surface area is 177 Å². The van der Waals surface area contributed by atoms with Gasteiger partial charge in [0.25, 0.3) is 11.8 Å². The number of thiophene rings is 1. The minimum absolute atomic E-state index is 0.235. The van der Waals surface area contributed by atoms with Crippen molar-refractivity contribution in [3.63, 3.8) is 0 Å². The molecule has 3 aromatic rings. The second-order valence-electron chi connectivity index (χ2n) is 6.46. The first kappa shape index (κ1) is 19.2. The van der Waals surface area contributed by atoms with Crippen LogP contribution in [0.1, 0.15) is 10.4 Å². The molecule has 0 aliphatic carbocycles. The van der Waals surface area contributed by atoms with E-state index in [1.807, 2.05) is 24.4 Å². The number of benzene rings is 2. The summed E-state index contributed by atoms with van der Waals surface area (Å²) in [6.45, 7) is 1.87. The SMILES string of the molecule is COc1ccc(NC2=C(c3cccs3)C(=O)N(c3ccc(C)c(Cl)c3)C2=O)cc1. The lowest BCUT2D eigenvalue weighted by molar-refractivity contribution is -0.120. The van der Waals surface area contributed by atoms with Crippen molar-refractivity contribution in [1.82, 2.24) is 0 Å². The van der Waals surface area contributed by atoms with E-state index in [0.717, 1.165) is 15.3 Å². The van der Waals surface area contributed by atoms with Gasteiger partial charge in [-0.1, -0.05) is 23.7 Å². The topological polar surface area (TPSA) is 58.6 Å². The molecule has 29 heavy (non-hydrogen) atoms. The van der Waals surface area contributed by atoms with Crippen molar-refractivity contribution in [2.24, 2.45) is 0 Å². The van der Waals surface area contributed by atoms with Crippen LogP contribution in [0.15, 0.2) is 65.7 Å². The van der Waals surface area contributed by atoms with E-state index in [-0.39, 0.29) is 11.6 Å². The van der Waals surface area contributed by atoms with Crippen LogP contribution in [-0.2, 0) is 9.59 Å². The maximum Gasteiger partial charge on any atom is 0.282 e. The van der Waals surface area contributed by atoms with E-state index < -0.39 is 5.91 Å². The fraction of sp³-hybridized carbons (Fsp3) is 0.0909. The lowest BCUT2D eigenvalue weighted by atomic mass is 10.1. The Morgan fingerprint density at radius 1 is 1.03 bits per heavy atom. The maximum atomic E-state index is 13.3. The molecule has 0 fully saturated rings. The summed E-state index contributed by atoms with van der Waals surface area (Å²) in [7, 11) is 1.59. The van der Waals surface area contributed by atoms with Crippen molar-refractivity contribution >= 4 is 51.7 Å². The number of carbonyl (C=O) groups excluding carboxylic acids is 2. The number of halogens is 1. The quantitative estimate of drug-likeness (QED) is 0.578. The Hall–Kier alpha value is -3.09. The molecule has 2 aromatic carbocycles. The molecule has 0 saturated carbocycles. The van der Waals surface area contributed by atoms with Crippen molar-refractivity contribution in [2.45, 2.75) is 6.92 Å². The van der Waals surface area contributed by atoms with Crippen LogP contribution in [0.2, 0.25) is 5.02 Å². The molecule has 0 atom stereocenters. The van der Waals surface area contributed by atoms with Crippen LogP contribution in [0.3, 0.4) is 0 Å². The molecular weight excluding hydrogens is 408 g/mol. The number of anilines is 2. The molecule has 1 aliphatic rings. The lowest BCUT2D eigenvalue weighted by Gasteiger charge is -2.16. The number of nitrogens with zero attached hydrogens (tertiary/aromatic N) is 1. The number of imide groups is 1. The summed E-state index contributed by atoms with van der Waals surface area (Å²) < 4.78 is 5.17. The number of amides is 2. The Morgan fingerprint density at radius 3 is 2.41 bits per heavy atom. The second kappa shape index (κ2) is 7.73. The van der Waals surface area contributed by atoms with Gasteiger partial charge in [-0.05, 0) is 60.3 Å². The van der Waals surface area contributed by atoms with Gasteiger partial charge in [0.15, 0.2) is 0 Å². The summed E-state index contributed by atoms with van der Waals surface area (Å²) >= 11 is 7.64. The lowest BCUT2D eigenvalue weighted by Crippen LogP contribution is -2.32. The van der Waals surface area contributed by atoms with Crippen molar-refractivity contribution in [3.05, 3.63) is 81.1 Å². The van der Waals surface area contributed by atoms with Crippen LogP contribution in [0.4, 0.5) is 11.4 Å². The predicted molar refractivity (Wildman–Crippen MR) is 117 cm³/mol. The summed E-state index contributed by atoms with van der Waals surface area (Å²) in [5.41, 5.74) is 2.57. The van der Waals surface area contributed by atoms with Gasteiger partial charge in [-0.3, -0.25) is 9.59 Å². The van der Waals surface area contributed by atoms with Gasteiger partial charge in [-0.15, -0.1) is 11.3 Å². The second-order valence-corrected chi connectivity index (χ2v) is 7.81. The van der Waals surface area contributed by atoms with E-state index in [0.29, 0.717) is 27.7 Å². The molecule has 0 saturated heterocycles. The fourth-order valence-electron chi connectivity index (χ4n) is 3.07. The highest BCUT2D eigenvalue weighted by molar-refractivity contribution is 7.11. The minimum Gasteiger partial charge on any atom is -0.497 e. The number of nitrogens with one attached hydrogen (secondary N) is 1. The highest BCUT2D eigenvalue weighted by atomic mass is 35.5. The Bertz CT molecular complexity index is 1120. The van der Waals surface area contributed by atoms with Crippen LogP contribution < -0.4 is 15.0 Å². The summed E-state index contributed by atoms with van der Waals surface area (Å²) in [4.78, 5) is 28.4. The smallest absolute Gasteiger partial charge is 0.282 e. The van der Waals surface area contributed by atoms with Crippen molar-refractivity contribution in [1.29, 1.82) is 0 Å². The molecule has 1 aromatic heterocycles. The van der Waals surface area contributed by atoms with Gasteiger partial charge in [0.2, 0.25) is 0 Å². The number of rotatable bonds is 5. The zero-order valence-corrected chi connectivity index (χ0v) is 17.3. The van der Waals surface area contributed by atoms with Crippen molar-refractivity contribution < 1.29 is 14.3 Å². The molecule has 1 aliphatic heterocycles. The number of hydrogen-bond acceptors (Lipinski definition) is 5. The number of aryl methyl sites for hydroxylation is 1. The van der Waals surface area contributed by atoms with E-state index in [1.165, 1.54) is 11.3 Å². The van der Waals surface area contributed by atoms with E-state index in [4.69, 9.17) is 16.3 Å². The predicted octanol–water partition coefficient (Wildman–Crippen LogP) is 5.12. The largest absolute Gasteiger partial charge is 0.497 e. The van der Waals surface area contributed by atoms with E-state index in [9.17, 15) is 9.59 Å². The molecule has 2 heterocycles. The standard InChI is InChI=1S/C22H17ClN2O3S/c1-13-5-8-15(12-17(13)23)25-21(26)19(18-4-3-11-29-18)20(22(25)27)24-14-6-9-16(28-2)10-7-14/h3-12,24H,1-2H3. The first-order chi connectivity index (χ1) is 14.0. The average molecular weight is 425 g/mol. The van der Waals surface area contributed by atoms with E-state index >= 15 is 0 Å². The maximum absolute atomic E-state index is 13.3. The van der Waals surface area contributed by atoms with Gasteiger partial charge < -0.3 is 10.1 Å². The molecule has 4 rings (SSSR count). The van der Waals surface area contributed by atoms with Crippen LogP contribution in [0.5, 0.6) is 5.75 Å². The third kappa shape index (κ3) is 3.52. The fourth-order valence-corrected chi connectivity index (χ4v) is 4.01. The monoisotopic (exact) mass is 424 g/mol. The highest BCUT2D eigenvalue weighted by Crippen LogP contribution is 2.36. The molecule has 0 bridgehead atoms. The number of methoxy groups -OCH3 is 1. The Morgan fingerprint density at radius 2 is 1.79 bits per heavy atom. The summed E-state index contributed by atoms with van der Waals surface area (Å²) in [5, 5.41) is 5.49. The number of hydrogen-bond donors (Lipinski definition) is 1. The summed E-state index contributed by atoms with van der Waals surface area (Å²) in [6.07, 6.45) is 0. The van der Waals surface area contributed by atoms with Gasteiger partial charge in [-0.25, -0.2) is 4.90 Å². The highest BCUT2D eigenvalue weighted by Gasteiger charge is 2.40. The Balaban J connectivity index is 1.76.